The van der Waals surface area contributed by atoms with Crippen LogP contribution in [0.4, 0.5) is 5.69 Å². The van der Waals surface area contributed by atoms with Gasteiger partial charge in [0.1, 0.15) is 18.7 Å². The number of benzene rings is 2. The molecule has 9 heteroatoms. The number of aryl methyl sites for hydroxylation is 2. The molecule has 8 nitrogen and oxygen atoms in total. The molecule has 0 fully saturated rings. The van der Waals surface area contributed by atoms with Crippen molar-refractivity contribution in [2.24, 2.45) is 0 Å². The summed E-state index contributed by atoms with van der Waals surface area (Å²) in [5.41, 5.74) is 4.07. The predicted molar refractivity (Wildman–Crippen MR) is 128 cm³/mol. The molecule has 3 heterocycles. The second-order valence-corrected chi connectivity index (χ2v) is 8.72. The van der Waals surface area contributed by atoms with Crippen molar-refractivity contribution >= 4 is 34.4 Å². The molecule has 0 atom stereocenters. The Kier molecular flexibility index (Phi) is 5.55. The number of hydrogen-bond acceptors (Lipinski definition) is 6. The Morgan fingerprint density at radius 3 is 2.64 bits per heavy atom. The van der Waals surface area contributed by atoms with E-state index in [4.69, 9.17) is 9.47 Å². The van der Waals surface area contributed by atoms with Crippen LogP contribution in [0.2, 0.25) is 0 Å². The standard InChI is InChI=1S/C24H22N4O4S/c1-14-3-6-17(7-4-14)28-23(30)22-18(11-15(2)25-22)27-24(28)33-13-21(29)26-16-5-8-19-20(12-16)32-10-9-31-19/h3-8,11-12,25H,9-10,13H2,1-2H3,(H,26,29). The number of nitrogens with zero attached hydrogens (tertiary/aromatic N) is 2. The Morgan fingerprint density at radius 2 is 1.85 bits per heavy atom. The SMILES string of the molecule is Cc1ccc(-n2c(SCC(=O)Nc3ccc4c(c3)OCCO4)nc3cc(C)[nH]c3c2=O)cc1. The van der Waals surface area contributed by atoms with E-state index < -0.39 is 0 Å². The molecule has 0 aliphatic carbocycles. The van der Waals surface area contributed by atoms with Gasteiger partial charge >= 0.3 is 0 Å². The van der Waals surface area contributed by atoms with Crippen LogP contribution in [-0.2, 0) is 4.79 Å². The molecule has 2 aromatic carbocycles. The van der Waals surface area contributed by atoms with E-state index in [1.807, 2.05) is 44.2 Å². The lowest BCUT2D eigenvalue weighted by molar-refractivity contribution is -0.113. The lowest BCUT2D eigenvalue weighted by Gasteiger charge is -2.19. The summed E-state index contributed by atoms with van der Waals surface area (Å²) in [6, 6.07) is 14.7. The summed E-state index contributed by atoms with van der Waals surface area (Å²) in [6.07, 6.45) is 0. The van der Waals surface area contributed by atoms with Gasteiger partial charge in [0, 0.05) is 17.4 Å². The number of rotatable bonds is 5. The maximum atomic E-state index is 13.3. The van der Waals surface area contributed by atoms with E-state index in [-0.39, 0.29) is 17.2 Å². The van der Waals surface area contributed by atoms with Crippen LogP contribution in [0, 0.1) is 13.8 Å². The molecule has 2 aromatic heterocycles. The van der Waals surface area contributed by atoms with E-state index in [0.29, 0.717) is 52.3 Å². The first-order valence-corrected chi connectivity index (χ1v) is 11.5. The second kappa shape index (κ2) is 8.67. The van der Waals surface area contributed by atoms with Gasteiger partial charge in [-0.3, -0.25) is 14.2 Å². The number of aromatic amines is 1. The first-order chi connectivity index (χ1) is 16.0. The lowest BCUT2D eigenvalue weighted by atomic mass is 10.2. The zero-order chi connectivity index (χ0) is 22.9. The van der Waals surface area contributed by atoms with Gasteiger partial charge in [-0.05, 0) is 44.2 Å². The fraction of sp³-hybridized carbons (Fsp3) is 0.208. The minimum atomic E-state index is -0.216. The van der Waals surface area contributed by atoms with Gasteiger partial charge in [0.05, 0.1) is 17.0 Å². The van der Waals surface area contributed by atoms with Crippen molar-refractivity contribution in [3.05, 3.63) is 70.1 Å². The molecule has 1 aliphatic rings. The van der Waals surface area contributed by atoms with Crippen molar-refractivity contribution < 1.29 is 14.3 Å². The molecule has 0 unspecified atom stereocenters. The molecule has 0 radical (unpaired) electrons. The molecular formula is C24H22N4O4S. The third-order valence-corrected chi connectivity index (χ3v) is 6.14. The molecule has 33 heavy (non-hydrogen) atoms. The molecule has 168 valence electrons. The van der Waals surface area contributed by atoms with Crippen LogP contribution in [0.15, 0.2) is 58.5 Å². The molecule has 0 saturated heterocycles. The average molecular weight is 463 g/mol. The van der Waals surface area contributed by atoms with Crippen LogP contribution in [0.1, 0.15) is 11.3 Å². The van der Waals surface area contributed by atoms with Crippen molar-refractivity contribution in [3.8, 4) is 17.2 Å². The summed E-state index contributed by atoms with van der Waals surface area (Å²) < 4.78 is 12.6. The van der Waals surface area contributed by atoms with Crippen LogP contribution in [0.25, 0.3) is 16.7 Å². The fourth-order valence-corrected chi connectivity index (χ4v) is 4.46. The third kappa shape index (κ3) is 4.31. The highest BCUT2D eigenvalue weighted by Gasteiger charge is 2.17. The van der Waals surface area contributed by atoms with Gasteiger partial charge in [0.2, 0.25) is 5.91 Å². The first kappa shape index (κ1) is 21.1. The number of thioether (sulfide) groups is 1. The molecular weight excluding hydrogens is 440 g/mol. The van der Waals surface area contributed by atoms with E-state index in [2.05, 4.69) is 15.3 Å². The Bertz CT molecular complexity index is 1410. The summed E-state index contributed by atoms with van der Waals surface area (Å²) in [6.45, 7) is 4.85. The predicted octanol–water partition coefficient (Wildman–Crippen LogP) is 3.83. The van der Waals surface area contributed by atoms with Crippen molar-refractivity contribution in [3.63, 3.8) is 0 Å². The summed E-state index contributed by atoms with van der Waals surface area (Å²) in [5.74, 6) is 1.14. The third-order valence-electron chi connectivity index (χ3n) is 5.21. The summed E-state index contributed by atoms with van der Waals surface area (Å²) in [4.78, 5) is 33.7. The molecule has 0 spiro atoms. The molecule has 5 rings (SSSR count). The zero-order valence-corrected chi connectivity index (χ0v) is 19.0. The minimum Gasteiger partial charge on any atom is -0.486 e. The van der Waals surface area contributed by atoms with Crippen LogP contribution >= 0.6 is 11.8 Å². The monoisotopic (exact) mass is 462 g/mol. The number of hydrogen-bond donors (Lipinski definition) is 2. The summed E-state index contributed by atoms with van der Waals surface area (Å²) in [5, 5.41) is 3.32. The van der Waals surface area contributed by atoms with Crippen molar-refractivity contribution in [1.82, 2.24) is 14.5 Å². The van der Waals surface area contributed by atoms with Gasteiger partial charge in [-0.1, -0.05) is 29.5 Å². The normalized spacial score (nSPS) is 12.7. The highest BCUT2D eigenvalue weighted by Crippen LogP contribution is 2.32. The average Bonchev–Trinajstić information content (AvgIpc) is 3.19. The van der Waals surface area contributed by atoms with E-state index in [0.717, 1.165) is 11.3 Å². The number of carbonyl (C=O) groups excluding carboxylic acids is 1. The quantitative estimate of drug-likeness (QED) is 0.346. The van der Waals surface area contributed by atoms with Crippen LogP contribution in [0.3, 0.4) is 0 Å². The molecule has 2 N–H and O–H groups in total. The number of anilines is 1. The van der Waals surface area contributed by atoms with Gasteiger partial charge in [-0.25, -0.2) is 4.98 Å². The number of carbonyl (C=O) groups is 1. The lowest BCUT2D eigenvalue weighted by Crippen LogP contribution is -2.23. The number of amides is 1. The highest BCUT2D eigenvalue weighted by atomic mass is 32.2. The Hall–Kier alpha value is -3.72. The number of fused-ring (bicyclic) bond motifs is 2. The van der Waals surface area contributed by atoms with Crippen LogP contribution in [-0.4, -0.2) is 39.4 Å². The molecule has 1 aliphatic heterocycles. The maximum absolute atomic E-state index is 13.3. The summed E-state index contributed by atoms with van der Waals surface area (Å²) in [7, 11) is 0. The molecule has 0 bridgehead atoms. The number of H-pyrrole nitrogens is 1. The van der Waals surface area contributed by atoms with Gasteiger partial charge in [-0.15, -0.1) is 0 Å². The smallest absolute Gasteiger partial charge is 0.283 e. The van der Waals surface area contributed by atoms with Gasteiger partial charge in [-0.2, -0.15) is 0 Å². The van der Waals surface area contributed by atoms with Gasteiger partial charge < -0.3 is 19.8 Å². The number of aromatic nitrogens is 3. The molecule has 0 saturated carbocycles. The van der Waals surface area contributed by atoms with E-state index in [1.165, 1.54) is 11.8 Å². The van der Waals surface area contributed by atoms with Gasteiger partial charge in [0.25, 0.3) is 5.56 Å². The second-order valence-electron chi connectivity index (χ2n) is 7.78. The fourth-order valence-electron chi connectivity index (χ4n) is 3.64. The van der Waals surface area contributed by atoms with Crippen molar-refractivity contribution in [2.45, 2.75) is 19.0 Å². The highest BCUT2D eigenvalue weighted by molar-refractivity contribution is 7.99. The number of nitrogens with one attached hydrogen (secondary N) is 2. The maximum Gasteiger partial charge on any atom is 0.283 e. The Balaban J connectivity index is 1.41. The van der Waals surface area contributed by atoms with Crippen LogP contribution in [0.5, 0.6) is 11.5 Å². The Morgan fingerprint density at radius 1 is 1.09 bits per heavy atom. The van der Waals surface area contributed by atoms with E-state index >= 15 is 0 Å². The first-order valence-electron chi connectivity index (χ1n) is 10.5. The van der Waals surface area contributed by atoms with Crippen LogP contribution < -0.4 is 20.3 Å². The van der Waals surface area contributed by atoms with E-state index in [9.17, 15) is 9.59 Å². The zero-order valence-electron chi connectivity index (χ0n) is 18.2. The Labute approximate surface area is 193 Å². The topological polar surface area (TPSA) is 98.2 Å². The van der Waals surface area contributed by atoms with Gasteiger partial charge in [0.15, 0.2) is 16.7 Å². The molecule has 4 aromatic rings. The van der Waals surface area contributed by atoms with Crippen molar-refractivity contribution in [2.75, 3.05) is 24.3 Å². The summed E-state index contributed by atoms with van der Waals surface area (Å²) >= 11 is 1.21. The van der Waals surface area contributed by atoms with Crippen molar-refractivity contribution in [1.29, 1.82) is 0 Å². The minimum absolute atomic E-state index is 0.0850. The van der Waals surface area contributed by atoms with E-state index in [1.54, 1.807) is 22.8 Å². The molecule has 1 amide bonds. The largest absolute Gasteiger partial charge is 0.486 e. The number of ether oxygens (including phenoxy) is 2.